The van der Waals surface area contributed by atoms with Crippen molar-refractivity contribution < 1.29 is 17.9 Å². The van der Waals surface area contributed by atoms with Crippen molar-refractivity contribution in [2.75, 3.05) is 13.2 Å². The van der Waals surface area contributed by atoms with E-state index in [2.05, 4.69) is 0 Å². The fraction of sp³-hybridized carbons (Fsp3) is 0.533. The van der Waals surface area contributed by atoms with Crippen LogP contribution in [0, 0.1) is 0 Å². The monoisotopic (exact) mass is 313 g/mol. The first-order valence-corrected chi connectivity index (χ1v) is 8.69. The van der Waals surface area contributed by atoms with E-state index in [4.69, 9.17) is 4.74 Å². The molecule has 0 aliphatic carbocycles. The van der Waals surface area contributed by atoms with Crippen LogP contribution in [0.2, 0.25) is 0 Å². The summed E-state index contributed by atoms with van der Waals surface area (Å²) in [6.45, 7) is 5.86. The molecule has 0 bridgehead atoms. The summed E-state index contributed by atoms with van der Waals surface area (Å²) in [7, 11) is -3.86. The van der Waals surface area contributed by atoms with Gasteiger partial charge in [0.1, 0.15) is 0 Å². The van der Waals surface area contributed by atoms with Crippen LogP contribution in [-0.4, -0.2) is 32.0 Å². The quantitative estimate of drug-likeness (QED) is 0.775. The largest absolute Gasteiger partial charge is 0.449 e. The van der Waals surface area contributed by atoms with Crippen molar-refractivity contribution in [3.8, 4) is 0 Å². The summed E-state index contributed by atoms with van der Waals surface area (Å²) in [4.78, 5) is 12.0. The topological polar surface area (TPSA) is 63.7 Å². The molecule has 0 heterocycles. The van der Waals surface area contributed by atoms with E-state index in [0.717, 1.165) is 22.7 Å². The third-order valence-electron chi connectivity index (χ3n) is 3.11. The van der Waals surface area contributed by atoms with Crippen molar-refractivity contribution in [2.24, 2.45) is 0 Å². The molecular weight excluding hydrogens is 290 g/mol. The maximum atomic E-state index is 12.6. The molecule has 0 fully saturated rings. The van der Waals surface area contributed by atoms with Gasteiger partial charge in [0.2, 0.25) is 0 Å². The first-order chi connectivity index (χ1) is 9.97. The number of carbonyl (C=O) groups is 1. The lowest BCUT2D eigenvalue weighted by Gasteiger charge is -2.21. The Morgan fingerprint density at radius 3 is 2.24 bits per heavy atom. The molecule has 0 radical (unpaired) electrons. The number of nitrogens with zero attached hydrogens (tertiary/aromatic N) is 1. The van der Waals surface area contributed by atoms with Crippen LogP contribution in [0.4, 0.5) is 4.79 Å². The number of hydrogen-bond acceptors (Lipinski definition) is 4. The molecule has 0 spiro atoms. The van der Waals surface area contributed by atoms with Gasteiger partial charge in [0.05, 0.1) is 11.5 Å². The van der Waals surface area contributed by atoms with Gasteiger partial charge in [0, 0.05) is 6.54 Å². The lowest BCUT2D eigenvalue weighted by molar-refractivity contribution is 0.130. The van der Waals surface area contributed by atoms with Crippen LogP contribution >= 0.6 is 0 Å². The van der Waals surface area contributed by atoms with Crippen LogP contribution in [-0.2, 0) is 21.2 Å². The van der Waals surface area contributed by atoms with Crippen LogP contribution in [0.1, 0.15) is 39.2 Å². The summed E-state index contributed by atoms with van der Waals surface area (Å²) >= 11 is 0. The Bertz CT molecular complexity index is 552. The van der Waals surface area contributed by atoms with Gasteiger partial charge in [-0.25, -0.2) is 17.5 Å². The van der Waals surface area contributed by atoms with Crippen LogP contribution in [0.3, 0.4) is 0 Å². The Morgan fingerprint density at radius 1 is 1.14 bits per heavy atom. The highest BCUT2D eigenvalue weighted by Crippen LogP contribution is 2.18. The highest BCUT2D eigenvalue weighted by atomic mass is 32.2. The molecule has 0 unspecified atom stereocenters. The molecule has 0 aliphatic rings. The summed E-state index contributed by atoms with van der Waals surface area (Å²) in [5, 5.41) is 0. The minimum absolute atomic E-state index is 0.115. The van der Waals surface area contributed by atoms with Gasteiger partial charge in [0.15, 0.2) is 0 Å². The van der Waals surface area contributed by atoms with Gasteiger partial charge in [-0.05, 0) is 37.5 Å². The number of amides is 1. The second kappa shape index (κ2) is 8.02. The highest BCUT2D eigenvalue weighted by Gasteiger charge is 2.29. The van der Waals surface area contributed by atoms with E-state index >= 15 is 0 Å². The van der Waals surface area contributed by atoms with Crippen molar-refractivity contribution in [3.63, 3.8) is 0 Å². The molecule has 118 valence electrons. The zero-order valence-corrected chi connectivity index (χ0v) is 13.6. The highest BCUT2D eigenvalue weighted by molar-refractivity contribution is 7.89. The average molecular weight is 313 g/mol. The van der Waals surface area contributed by atoms with Gasteiger partial charge in [-0.3, -0.25) is 0 Å². The third-order valence-corrected chi connectivity index (χ3v) is 4.89. The first kappa shape index (κ1) is 17.5. The van der Waals surface area contributed by atoms with E-state index in [9.17, 15) is 13.2 Å². The molecule has 0 N–H and O–H groups in total. The molecule has 6 heteroatoms. The SMILES string of the molecule is CCCCN(C(=O)OCC)S(=O)(=O)c1ccc(CC)cc1. The van der Waals surface area contributed by atoms with Gasteiger partial charge in [-0.15, -0.1) is 0 Å². The number of benzene rings is 1. The molecule has 1 aromatic carbocycles. The van der Waals surface area contributed by atoms with Gasteiger partial charge >= 0.3 is 6.09 Å². The van der Waals surface area contributed by atoms with Crippen molar-refractivity contribution in [3.05, 3.63) is 29.8 Å². The first-order valence-electron chi connectivity index (χ1n) is 7.25. The molecule has 0 saturated heterocycles. The zero-order chi connectivity index (χ0) is 15.9. The molecule has 5 nitrogen and oxygen atoms in total. The van der Waals surface area contributed by atoms with Crippen LogP contribution in [0.5, 0.6) is 0 Å². The molecule has 0 atom stereocenters. The van der Waals surface area contributed by atoms with Gasteiger partial charge in [0.25, 0.3) is 10.0 Å². The number of unbranched alkanes of at least 4 members (excludes halogenated alkanes) is 1. The Hall–Kier alpha value is -1.56. The van der Waals surface area contributed by atoms with Gasteiger partial charge < -0.3 is 4.74 Å². The average Bonchev–Trinajstić information content (AvgIpc) is 2.47. The second-order valence-corrected chi connectivity index (χ2v) is 6.49. The predicted molar refractivity (Wildman–Crippen MR) is 81.6 cm³/mol. The number of ether oxygens (including phenoxy) is 1. The normalized spacial score (nSPS) is 11.2. The third kappa shape index (κ3) is 4.46. The summed E-state index contributed by atoms with van der Waals surface area (Å²) in [6.07, 6.45) is 1.41. The maximum absolute atomic E-state index is 12.6. The Balaban J connectivity index is 3.09. The molecule has 21 heavy (non-hydrogen) atoms. The number of hydrogen-bond donors (Lipinski definition) is 0. The summed E-state index contributed by atoms with van der Waals surface area (Å²) in [6, 6.07) is 6.59. The fourth-order valence-electron chi connectivity index (χ4n) is 1.83. The number of rotatable bonds is 7. The van der Waals surface area contributed by atoms with Crippen molar-refractivity contribution in [1.29, 1.82) is 0 Å². The molecular formula is C15H23NO4S. The van der Waals surface area contributed by atoms with E-state index in [-0.39, 0.29) is 18.0 Å². The number of carbonyl (C=O) groups excluding carboxylic acids is 1. The van der Waals surface area contributed by atoms with E-state index in [1.807, 2.05) is 13.8 Å². The molecule has 1 rings (SSSR count). The standard InChI is InChI=1S/C15H23NO4S/c1-4-7-12-16(15(17)20-6-3)21(18,19)14-10-8-13(5-2)9-11-14/h8-11H,4-7,12H2,1-3H3. The summed E-state index contributed by atoms with van der Waals surface area (Å²) in [5.74, 6) is 0. The summed E-state index contributed by atoms with van der Waals surface area (Å²) in [5.41, 5.74) is 1.05. The van der Waals surface area contributed by atoms with E-state index < -0.39 is 16.1 Å². The Kier molecular flexibility index (Phi) is 6.68. The van der Waals surface area contributed by atoms with E-state index in [0.29, 0.717) is 6.42 Å². The molecule has 0 saturated carbocycles. The second-order valence-electron chi connectivity index (χ2n) is 4.63. The minimum Gasteiger partial charge on any atom is -0.449 e. The molecule has 0 aliphatic heterocycles. The number of aryl methyl sites for hydroxylation is 1. The van der Waals surface area contributed by atoms with Crippen LogP contribution in [0.25, 0.3) is 0 Å². The molecule has 1 amide bonds. The lowest BCUT2D eigenvalue weighted by atomic mass is 10.2. The van der Waals surface area contributed by atoms with Crippen molar-refractivity contribution in [2.45, 2.75) is 44.9 Å². The van der Waals surface area contributed by atoms with Crippen LogP contribution < -0.4 is 0 Å². The molecule has 1 aromatic rings. The van der Waals surface area contributed by atoms with Gasteiger partial charge in [-0.2, -0.15) is 0 Å². The summed E-state index contributed by atoms with van der Waals surface area (Å²) < 4.78 is 30.8. The zero-order valence-electron chi connectivity index (χ0n) is 12.8. The lowest BCUT2D eigenvalue weighted by Crippen LogP contribution is -2.38. The predicted octanol–water partition coefficient (Wildman–Crippen LogP) is 3.20. The minimum atomic E-state index is -3.86. The molecule has 0 aromatic heterocycles. The smallest absolute Gasteiger partial charge is 0.423 e. The van der Waals surface area contributed by atoms with Crippen molar-refractivity contribution in [1.82, 2.24) is 4.31 Å². The maximum Gasteiger partial charge on any atom is 0.423 e. The van der Waals surface area contributed by atoms with Crippen molar-refractivity contribution >= 4 is 16.1 Å². The Labute approximate surface area is 127 Å². The van der Waals surface area contributed by atoms with E-state index in [1.165, 1.54) is 12.1 Å². The Morgan fingerprint density at radius 2 is 1.76 bits per heavy atom. The fourth-order valence-corrected chi connectivity index (χ4v) is 3.18. The van der Waals surface area contributed by atoms with Gasteiger partial charge in [-0.1, -0.05) is 32.4 Å². The van der Waals surface area contributed by atoms with E-state index in [1.54, 1.807) is 19.1 Å². The van der Waals surface area contributed by atoms with Crippen LogP contribution in [0.15, 0.2) is 29.2 Å². The number of sulfonamides is 1.